The predicted octanol–water partition coefficient (Wildman–Crippen LogP) is 4.86. The standard InChI is InChI=1S/C20H17ClFN3O/c1-13-16(21)6-4-8-18(13)25-15-9-10-19(23-12-15)20(26)24-11-14-5-2-3-7-17(14)22/h2-10,12,25H,11H2,1H3,(H,24,26). The molecular weight excluding hydrogens is 353 g/mol. The van der Waals surface area contributed by atoms with Crippen molar-refractivity contribution in [2.45, 2.75) is 13.5 Å². The summed E-state index contributed by atoms with van der Waals surface area (Å²) in [4.78, 5) is 16.3. The second-order valence-corrected chi connectivity index (χ2v) is 6.15. The second-order valence-electron chi connectivity index (χ2n) is 5.74. The van der Waals surface area contributed by atoms with Gasteiger partial charge in [0.25, 0.3) is 5.91 Å². The lowest BCUT2D eigenvalue weighted by Crippen LogP contribution is -2.24. The zero-order valence-electron chi connectivity index (χ0n) is 14.1. The van der Waals surface area contributed by atoms with Gasteiger partial charge in [0.15, 0.2) is 0 Å². The summed E-state index contributed by atoms with van der Waals surface area (Å²) in [5.41, 5.74) is 3.23. The lowest BCUT2D eigenvalue weighted by molar-refractivity contribution is 0.0945. The van der Waals surface area contributed by atoms with Crippen LogP contribution in [-0.4, -0.2) is 10.9 Å². The molecule has 0 unspecified atom stereocenters. The van der Waals surface area contributed by atoms with E-state index in [0.29, 0.717) is 10.6 Å². The Labute approximate surface area is 156 Å². The van der Waals surface area contributed by atoms with Crippen molar-refractivity contribution in [3.8, 4) is 0 Å². The summed E-state index contributed by atoms with van der Waals surface area (Å²) < 4.78 is 13.6. The molecule has 0 saturated heterocycles. The van der Waals surface area contributed by atoms with Gasteiger partial charge in [0, 0.05) is 22.8 Å². The van der Waals surface area contributed by atoms with Crippen LogP contribution in [0.2, 0.25) is 5.02 Å². The molecule has 0 aliphatic rings. The Morgan fingerprint density at radius 1 is 1.12 bits per heavy atom. The van der Waals surface area contributed by atoms with E-state index in [1.165, 1.54) is 6.07 Å². The number of hydrogen-bond donors (Lipinski definition) is 2. The number of carbonyl (C=O) groups excluding carboxylic acids is 1. The van der Waals surface area contributed by atoms with E-state index < -0.39 is 0 Å². The van der Waals surface area contributed by atoms with Gasteiger partial charge in [0.05, 0.1) is 11.9 Å². The van der Waals surface area contributed by atoms with E-state index in [0.717, 1.165) is 16.9 Å². The van der Waals surface area contributed by atoms with Crippen LogP contribution >= 0.6 is 11.6 Å². The number of hydrogen-bond acceptors (Lipinski definition) is 3. The molecule has 4 nitrogen and oxygen atoms in total. The molecule has 0 atom stereocenters. The number of amides is 1. The van der Waals surface area contributed by atoms with Gasteiger partial charge in [-0.25, -0.2) is 9.37 Å². The molecule has 0 aliphatic carbocycles. The summed E-state index contributed by atoms with van der Waals surface area (Å²) in [6, 6.07) is 15.3. The van der Waals surface area contributed by atoms with Gasteiger partial charge in [0.1, 0.15) is 11.5 Å². The molecule has 1 amide bonds. The topological polar surface area (TPSA) is 54.0 Å². The van der Waals surface area contributed by atoms with Crippen molar-refractivity contribution < 1.29 is 9.18 Å². The minimum absolute atomic E-state index is 0.106. The summed E-state index contributed by atoms with van der Waals surface area (Å²) in [5, 5.41) is 6.55. The Bertz CT molecular complexity index is 929. The summed E-state index contributed by atoms with van der Waals surface area (Å²) >= 11 is 6.11. The zero-order valence-corrected chi connectivity index (χ0v) is 14.8. The van der Waals surface area contributed by atoms with E-state index in [1.807, 2.05) is 25.1 Å². The maximum absolute atomic E-state index is 13.6. The van der Waals surface area contributed by atoms with Crippen LogP contribution in [0.25, 0.3) is 0 Å². The third-order valence-electron chi connectivity index (χ3n) is 3.94. The molecule has 26 heavy (non-hydrogen) atoms. The number of nitrogens with one attached hydrogen (secondary N) is 2. The maximum Gasteiger partial charge on any atom is 0.270 e. The highest BCUT2D eigenvalue weighted by Crippen LogP contribution is 2.25. The first-order valence-corrected chi connectivity index (χ1v) is 8.42. The highest BCUT2D eigenvalue weighted by Gasteiger charge is 2.09. The fourth-order valence-electron chi connectivity index (χ4n) is 2.41. The van der Waals surface area contributed by atoms with Gasteiger partial charge in [-0.15, -0.1) is 0 Å². The molecule has 6 heteroatoms. The van der Waals surface area contributed by atoms with E-state index in [9.17, 15) is 9.18 Å². The Balaban J connectivity index is 1.64. The Morgan fingerprint density at radius 3 is 2.65 bits per heavy atom. The highest BCUT2D eigenvalue weighted by atomic mass is 35.5. The number of halogens is 2. The molecule has 3 aromatic rings. The van der Waals surface area contributed by atoms with Gasteiger partial charge in [-0.1, -0.05) is 35.9 Å². The van der Waals surface area contributed by atoms with Crippen LogP contribution in [0.4, 0.5) is 15.8 Å². The minimum atomic E-state index is -0.362. The lowest BCUT2D eigenvalue weighted by Gasteiger charge is -2.11. The van der Waals surface area contributed by atoms with Crippen molar-refractivity contribution in [1.82, 2.24) is 10.3 Å². The molecule has 0 saturated carbocycles. The Morgan fingerprint density at radius 2 is 1.92 bits per heavy atom. The predicted molar refractivity (Wildman–Crippen MR) is 101 cm³/mol. The van der Waals surface area contributed by atoms with Crippen molar-refractivity contribution in [3.05, 3.63) is 88.5 Å². The number of nitrogens with zero attached hydrogens (tertiary/aromatic N) is 1. The van der Waals surface area contributed by atoms with Crippen molar-refractivity contribution in [2.75, 3.05) is 5.32 Å². The van der Waals surface area contributed by atoms with Crippen molar-refractivity contribution in [2.24, 2.45) is 0 Å². The molecule has 0 bridgehead atoms. The molecule has 0 spiro atoms. The second kappa shape index (κ2) is 7.97. The van der Waals surface area contributed by atoms with Crippen LogP contribution < -0.4 is 10.6 Å². The number of rotatable bonds is 5. The third kappa shape index (κ3) is 4.18. The number of aromatic nitrogens is 1. The monoisotopic (exact) mass is 369 g/mol. The Kier molecular flexibility index (Phi) is 5.49. The van der Waals surface area contributed by atoms with E-state index in [2.05, 4.69) is 15.6 Å². The fraction of sp³-hybridized carbons (Fsp3) is 0.100. The normalized spacial score (nSPS) is 10.4. The highest BCUT2D eigenvalue weighted by molar-refractivity contribution is 6.31. The van der Waals surface area contributed by atoms with E-state index in [4.69, 9.17) is 11.6 Å². The average molecular weight is 370 g/mol. The van der Waals surface area contributed by atoms with Gasteiger partial charge in [-0.3, -0.25) is 4.79 Å². The van der Waals surface area contributed by atoms with Gasteiger partial charge < -0.3 is 10.6 Å². The van der Waals surface area contributed by atoms with Crippen LogP contribution in [0.3, 0.4) is 0 Å². The summed E-state index contributed by atoms with van der Waals surface area (Å²) in [6.45, 7) is 2.03. The molecule has 0 aliphatic heterocycles. The number of pyridine rings is 1. The Hall–Kier alpha value is -2.92. The van der Waals surface area contributed by atoms with Crippen LogP contribution in [0.15, 0.2) is 60.8 Å². The molecule has 1 heterocycles. The third-order valence-corrected chi connectivity index (χ3v) is 4.35. The first kappa shape index (κ1) is 17.9. The molecule has 132 valence electrons. The number of anilines is 2. The van der Waals surface area contributed by atoms with Crippen LogP contribution in [0, 0.1) is 12.7 Å². The first-order valence-electron chi connectivity index (χ1n) is 8.04. The molecular formula is C20H17ClFN3O. The van der Waals surface area contributed by atoms with Crippen LogP contribution in [0.5, 0.6) is 0 Å². The van der Waals surface area contributed by atoms with Crippen molar-refractivity contribution in [3.63, 3.8) is 0 Å². The van der Waals surface area contributed by atoms with E-state index in [1.54, 1.807) is 36.5 Å². The van der Waals surface area contributed by atoms with Crippen molar-refractivity contribution in [1.29, 1.82) is 0 Å². The summed E-state index contributed by atoms with van der Waals surface area (Å²) in [5.74, 6) is -0.712. The maximum atomic E-state index is 13.6. The smallest absolute Gasteiger partial charge is 0.270 e. The summed E-state index contributed by atoms with van der Waals surface area (Å²) in [7, 11) is 0. The van der Waals surface area contributed by atoms with Crippen LogP contribution in [-0.2, 0) is 6.54 Å². The largest absolute Gasteiger partial charge is 0.354 e. The SMILES string of the molecule is Cc1c(Cl)cccc1Nc1ccc(C(=O)NCc2ccccc2F)nc1. The van der Waals surface area contributed by atoms with Crippen molar-refractivity contribution >= 4 is 28.9 Å². The zero-order chi connectivity index (χ0) is 18.5. The number of carbonyl (C=O) groups is 1. The first-order chi connectivity index (χ1) is 12.5. The molecule has 0 radical (unpaired) electrons. The molecule has 2 aromatic carbocycles. The quantitative estimate of drug-likeness (QED) is 0.675. The van der Waals surface area contributed by atoms with E-state index >= 15 is 0 Å². The van der Waals surface area contributed by atoms with E-state index in [-0.39, 0.29) is 24.0 Å². The van der Waals surface area contributed by atoms with Gasteiger partial charge in [-0.2, -0.15) is 0 Å². The molecule has 3 rings (SSSR count). The average Bonchev–Trinajstić information content (AvgIpc) is 2.65. The molecule has 1 aromatic heterocycles. The minimum Gasteiger partial charge on any atom is -0.354 e. The fourth-order valence-corrected chi connectivity index (χ4v) is 2.58. The molecule has 0 fully saturated rings. The summed E-state index contributed by atoms with van der Waals surface area (Å²) in [6.07, 6.45) is 1.57. The van der Waals surface area contributed by atoms with Gasteiger partial charge >= 0.3 is 0 Å². The van der Waals surface area contributed by atoms with Crippen LogP contribution in [0.1, 0.15) is 21.6 Å². The molecule has 2 N–H and O–H groups in total. The number of benzene rings is 2. The lowest BCUT2D eigenvalue weighted by atomic mass is 10.2. The van der Waals surface area contributed by atoms with Gasteiger partial charge in [0.2, 0.25) is 0 Å². The van der Waals surface area contributed by atoms with Gasteiger partial charge in [-0.05, 0) is 42.8 Å².